The van der Waals surface area contributed by atoms with Crippen molar-refractivity contribution in [3.05, 3.63) is 96.1 Å². The number of hydrogen-bond acceptors (Lipinski definition) is 4. The third-order valence-electron chi connectivity index (χ3n) is 5.79. The topological polar surface area (TPSA) is 61.9 Å². The van der Waals surface area contributed by atoms with Crippen molar-refractivity contribution in [3.8, 4) is 5.75 Å². The van der Waals surface area contributed by atoms with Crippen molar-refractivity contribution in [1.29, 1.82) is 0 Å². The molecule has 1 atom stereocenters. The molecular weight excluding hydrogens is 414 g/mol. The van der Waals surface area contributed by atoms with Crippen LogP contribution in [0.1, 0.15) is 22.8 Å². The van der Waals surface area contributed by atoms with Crippen LogP contribution in [-0.4, -0.2) is 49.0 Å². The van der Waals surface area contributed by atoms with Gasteiger partial charge in [-0.1, -0.05) is 60.7 Å². The monoisotopic (exact) mass is 443 g/mol. The molecule has 1 saturated heterocycles. The average molecular weight is 444 g/mol. The maximum Gasteiger partial charge on any atom is 0.263 e. The summed E-state index contributed by atoms with van der Waals surface area (Å²) in [6.45, 7) is 5.00. The SMILES string of the molecule is CC(Oc1ccccc1C(=O)NCc1ccccc1)C(=O)N1CCN(c2ccccc2)CC1. The Morgan fingerprint density at radius 2 is 1.45 bits per heavy atom. The normalized spacial score (nSPS) is 14.5. The molecule has 3 aromatic carbocycles. The molecule has 1 unspecified atom stereocenters. The minimum absolute atomic E-state index is 0.0674. The highest BCUT2D eigenvalue weighted by molar-refractivity contribution is 5.97. The van der Waals surface area contributed by atoms with Crippen LogP contribution in [0.3, 0.4) is 0 Å². The zero-order valence-electron chi connectivity index (χ0n) is 18.8. The van der Waals surface area contributed by atoms with Gasteiger partial charge in [0, 0.05) is 38.4 Å². The minimum atomic E-state index is -0.684. The first-order valence-corrected chi connectivity index (χ1v) is 11.3. The fraction of sp³-hybridized carbons (Fsp3) is 0.259. The van der Waals surface area contributed by atoms with Crippen molar-refractivity contribution in [2.24, 2.45) is 0 Å². The third kappa shape index (κ3) is 5.71. The van der Waals surface area contributed by atoms with Gasteiger partial charge in [0.2, 0.25) is 0 Å². The molecular formula is C27H29N3O3. The molecule has 1 aliphatic heterocycles. The largest absolute Gasteiger partial charge is 0.480 e. The predicted molar refractivity (Wildman–Crippen MR) is 129 cm³/mol. The van der Waals surface area contributed by atoms with E-state index in [1.165, 1.54) is 5.69 Å². The van der Waals surface area contributed by atoms with E-state index in [1.54, 1.807) is 31.2 Å². The molecule has 6 nitrogen and oxygen atoms in total. The Hall–Kier alpha value is -3.80. The molecule has 33 heavy (non-hydrogen) atoms. The third-order valence-corrected chi connectivity index (χ3v) is 5.79. The second kappa shape index (κ2) is 10.7. The molecule has 2 amide bonds. The average Bonchev–Trinajstić information content (AvgIpc) is 2.88. The number of para-hydroxylation sites is 2. The lowest BCUT2D eigenvalue weighted by molar-refractivity contribution is -0.138. The second-order valence-corrected chi connectivity index (χ2v) is 8.07. The molecule has 0 aromatic heterocycles. The van der Waals surface area contributed by atoms with Gasteiger partial charge in [-0.3, -0.25) is 9.59 Å². The van der Waals surface area contributed by atoms with Gasteiger partial charge in [-0.15, -0.1) is 0 Å². The van der Waals surface area contributed by atoms with Crippen LogP contribution in [-0.2, 0) is 11.3 Å². The van der Waals surface area contributed by atoms with E-state index in [-0.39, 0.29) is 11.8 Å². The van der Waals surface area contributed by atoms with Gasteiger partial charge in [0.25, 0.3) is 11.8 Å². The highest BCUT2D eigenvalue weighted by atomic mass is 16.5. The number of ether oxygens (including phenoxy) is 1. The van der Waals surface area contributed by atoms with Gasteiger partial charge in [-0.25, -0.2) is 0 Å². The maximum absolute atomic E-state index is 13.0. The van der Waals surface area contributed by atoms with E-state index in [0.29, 0.717) is 30.9 Å². The molecule has 1 heterocycles. The molecule has 0 bridgehead atoms. The number of anilines is 1. The fourth-order valence-corrected chi connectivity index (χ4v) is 3.95. The molecule has 0 radical (unpaired) electrons. The van der Waals surface area contributed by atoms with Crippen LogP contribution in [0.2, 0.25) is 0 Å². The lowest BCUT2D eigenvalue weighted by Gasteiger charge is -2.37. The molecule has 1 fully saturated rings. The Labute approximate surface area is 194 Å². The van der Waals surface area contributed by atoms with Gasteiger partial charge in [0.15, 0.2) is 6.10 Å². The highest BCUT2D eigenvalue weighted by Gasteiger charge is 2.27. The number of carbonyl (C=O) groups excluding carboxylic acids is 2. The van der Waals surface area contributed by atoms with Crippen LogP contribution in [0.4, 0.5) is 5.69 Å². The molecule has 4 rings (SSSR count). The van der Waals surface area contributed by atoms with Crippen molar-refractivity contribution in [2.75, 3.05) is 31.1 Å². The van der Waals surface area contributed by atoms with Gasteiger partial charge in [-0.2, -0.15) is 0 Å². The first kappa shape index (κ1) is 22.4. The van der Waals surface area contributed by atoms with Crippen LogP contribution >= 0.6 is 0 Å². The van der Waals surface area contributed by atoms with Gasteiger partial charge < -0.3 is 19.9 Å². The summed E-state index contributed by atoms with van der Waals surface area (Å²) in [6.07, 6.45) is -0.684. The van der Waals surface area contributed by atoms with Crippen LogP contribution in [0.15, 0.2) is 84.9 Å². The second-order valence-electron chi connectivity index (χ2n) is 8.07. The van der Waals surface area contributed by atoms with Gasteiger partial charge in [0.1, 0.15) is 5.75 Å². The van der Waals surface area contributed by atoms with Crippen LogP contribution in [0.25, 0.3) is 0 Å². The first-order valence-electron chi connectivity index (χ1n) is 11.3. The summed E-state index contributed by atoms with van der Waals surface area (Å²) < 4.78 is 5.98. The van der Waals surface area contributed by atoms with Crippen molar-refractivity contribution < 1.29 is 14.3 Å². The van der Waals surface area contributed by atoms with Crippen molar-refractivity contribution >= 4 is 17.5 Å². The Balaban J connectivity index is 1.34. The van der Waals surface area contributed by atoms with Gasteiger partial charge in [0.05, 0.1) is 5.56 Å². The van der Waals surface area contributed by atoms with E-state index >= 15 is 0 Å². The van der Waals surface area contributed by atoms with E-state index in [2.05, 4.69) is 22.3 Å². The van der Waals surface area contributed by atoms with E-state index in [9.17, 15) is 9.59 Å². The van der Waals surface area contributed by atoms with E-state index in [0.717, 1.165) is 18.7 Å². The summed E-state index contributed by atoms with van der Waals surface area (Å²) in [4.78, 5) is 29.9. The Morgan fingerprint density at radius 3 is 2.15 bits per heavy atom. The number of benzene rings is 3. The van der Waals surface area contributed by atoms with Crippen molar-refractivity contribution in [1.82, 2.24) is 10.2 Å². The Kier molecular flexibility index (Phi) is 7.25. The highest BCUT2D eigenvalue weighted by Crippen LogP contribution is 2.21. The number of nitrogens with one attached hydrogen (secondary N) is 1. The Bertz CT molecular complexity index is 1060. The number of amides is 2. The molecule has 0 spiro atoms. The Morgan fingerprint density at radius 1 is 0.848 bits per heavy atom. The van der Waals surface area contributed by atoms with Crippen LogP contribution < -0.4 is 15.0 Å². The zero-order chi connectivity index (χ0) is 23.0. The number of carbonyl (C=O) groups is 2. The lowest BCUT2D eigenvalue weighted by atomic mass is 10.1. The molecule has 1 N–H and O–H groups in total. The summed E-state index contributed by atoms with van der Waals surface area (Å²) in [6, 6.07) is 27.0. The van der Waals surface area contributed by atoms with Crippen molar-refractivity contribution in [3.63, 3.8) is 0 Å². The quantitative estimate of drug-likeness (QED) is 0.605. The number of rotatable bonds is 7. The van der Waals surface area contributed by atoms with Gasteiger partial charge >= 0.3 is 0 Å². The smallest absolute Gasteiger partial charge is 0.263 e. The first-order chi connectivity index (χ1) is 16.1. The molecule has 0 aliphatic carbocycles. The summed E-state index contributed by atoms with van der Waals surface area (Å²) in [5.41, 5.74) is 2.61. The summed E-state index contributed by atoms with van der Waals surface area (Å²) in [5, 5.41) is 2.92. The van der Waals surface area contributed by atoms with Gasteiger partial charge in [-0.05, 0) is 36.8 Å². The summed E-state index contributed by atoms with van der Waals surface area (Å²) in [7, 11) is 0. The number of piperazine rings is 1. The minimum Gasteiger partial charge on any atom is -0.480 e. The maximum atomic E-state index is 13.0. The zero-order valence-corrected chi connectivity index (χ0v) is 18.8. The van der Waals surface area contributed by atoms with Crippen LogP contribution in [0, 0.1) is 0 Å². The van der Waals surface area contributed by atoms with E-state index in [4.69, 9.17) is 4.74 Å². The lowest BCUT2D eigenvalue weighted by Crippen LogP contribution is -2.52. The molecule has 3 aromatic rings. The number of nitrogens with zero attached hydrogens (tertiary/aromatic N) is 2. The van der Waals surface area contributed by atoms with Crippen LogP contribution in [0.5, 0.6) is 5.75 Å². The standard InChI is InChI=1S/C27H29N3O3/c1-21(27(32)30-18-16-29(17-19-30)23-12-6-3-7-13-23)33-25-15-9-8-14-24(25)26(31)28-20-22-10-4-2-5-11-22/h2-15,21H,16-20H2,1H3,(H,28,31). The molecule has 170 valence electrons. The van der Waals surface area contributed by atoms with E-state index < -0.39 is 6.10 Å². The predicted octanol–water partition coefficient (Wildman–Crippen LogP) is 3.73. The summed E-state index contributed by atoms with van der Waals surface area (Å²) >= 11 is 0. The number of hydrogen-bond donors (Lipinski definition) is 1. The van der Waals surface area contributed by atoms with Crippen molar-refractivity contribution in [2.45, 2.75) is 19.6 Å². The molecule has 6 heteroatoms. The van der Waals surface area contributed by atoms with E-state index in [1.807, 2.05) is 53.4 Å². The molecule has 1 aliphatic rings. The fourth-order valence-electron chi connectivity index (χ4n) is 3.95. The summed E-state index contributed by atoms with van der Waals surface area (Å²) in [5.74, 6) is 0.111. The molecule has 0 saturated carbocycles.